The van der Waals surface area contributed by atoms with E-state index in [9.17, 15) is 4.79 Å². The Balaban J connectivity index is 2.41. The molecule has 1 amide bonds. The lowest BCUT2D eigenvalue weighted by Crippen LogP contribution is -2.20. The zero-order valence-corrected chi connectivity index (χ0v) is 8.57. The molecule has 0 spiro atoms. The zero-order chi connectivity index (χ0) is 9.68. The van der Waals surface area contributed by atoms with Gasteiger partial charge in [-0.2, -0.15) is 0 Å². The van der Waals surface area contributed by atoms with E-state index in [1.165, 1.54) is 0 Å². The van der Waals surface area contributed by atoms with Crippen LogP contribution in [-0.4, -0.2) is 17.9 Å². The first kappa shape index (κ1) is 9.98. The number of nitrogens with one attached hydrogen (secondary N) is 2. The summed E-state index contributed by atoms with van der Waals surface area (Å²) in [5.74, 6) is 0.0689. The Labute approximate surface area is 81.4 Å². The summed E-state index contributed by atoms with van der Waals surface area (Å²) in [4.78, 5) is 16.1. The van der Waals surface area contributed by atoms with Crippen molar-refractivity contribution in [2.45, 2.75) is 19.9 Å². The van der Waals surface area contributed by atoms with Crippen LogP contribution >= 0.6 is 11.3 Å². The molecule has 0 saturated heterocycles. The molecule has 0 fully saturated rings. The van der Waals surface area contributed by atoms with Crippen LogP contribution in [0.5, 0.6) is 0 Å². The quantitative estimate of drug-likeness (QED) is 0.766. The Morgan fingerprint density at radius 3 is 3.00 bits per heavy atom. The van der Waals surface area contributed by atoms with Gasteiger partial charge in [0.25, 0.3) is 0 Å². The smallest absolute Gasteiger partial charge is 0.220 e. The van der Waals surface area contributed by atoms with E-state index >= 15 is 0 Å². The number of amides is 1. The maximum absolute atomic E-state index is 10.9. The Hall–Kier alpha value is -1.10. The fourth-order valence-electron chi connectivity index (χ4n) is 0.816. The Morgan fingerprint density at radius 1 is 1.69 bits per heavy atom. The van der Waals surface area contributed by atoms with Crippen LogP contribution in [0, 0.1) is 0 Å². The normalized spacial score (nSPS) is 9.69. The topological polar surface area (TPSA) is 54.0 Å². The van der Waals surface area contributed by atoms with Gasteiger partial charge in [0.2, 0.25) is 5.91 Å². The van der Waals surface area contributed by atoms with Gasteiger partial charge in [-0.15, -0.1) is 11.3 Å². The molecule has 2 N–H and O–H groups in total. The highest BCUT2D eigenvalue weighted by Crippen LogP contribution is 2.16. The van der Waals surface area contributed by atoms with Crippen LogP contribution in [0.2, 0.25) is 0 Å². The molecule has 4 nitrogen and oxygen atoms in total. The van der Waals surface area contributed by atoms with Gasteiger partial charge in [0.15, 0.2) is 5.13 Å². The Kier molecular flexibility index (Phi) is 3.70. The fraction of sp³-hybridized carbons (Fsp3) is 0.500. The first-order chi connectivity index (χ1) is 6.26. The molecule has 0 unspecified atom stereocenters. The van der Waals surface area contributed by atoms with E-state index in [-0.39, 0.29) is 5.91 Å². The molecule has 5 heteroatoms. The second kappa shape index (κ2) is 4.81. The molecule has 13 heavy (non-hydrogen) atoms. The van der Waals surface area contributed by atoms with Crippen molar-refractivity contribution in [2.24, 2.45) is 0 Å². The number of hydrogen-bond acceptors (Lipinski definition) is 4. The van der Waals surface area contributed by atoms with Gasteiger partial charge in [-0.1, -0.05) is 6.92 Å². The van der Waals surface area contributed by atoms with Crippen LogP contribution in [-0.2, 0) is 11.3 Å². The highest BCUT2D eigenvalue weighted by atomic mass is 32.1. The summed E-state index contributed by atoms with van der Waals surface area (Å²) in [6, 6.07) is 0. The zero-order valence-electron chi connectivity index (χ0n) is 7.76. The van der Waals surface area contributed by atoms with Crippen LogP contribution in [0.1, 0.15) is 18.2 Å². The van der Waals surface area contributed by atoms with Gasteiger partial charge in [-0.25, -0.2) is 4.98 Å². The standard InChI is InChI=1S/C8H13N3OS/c1-3-7(12)10-4-6-5-11-8(9-2)13-6/h5H,3-4H2,1-2H3,(H,9,11)(H,10,12). The molecule has 0 radical (unpaired) electrons. The van der Waals surface area contributed by atoms with E-state index in [0.717, 1.165) is 10.0 Å². The molecule has 72 valence electrons. The van der Waals surface area contributed by atoms with Gasteiger partial charge in [0, 0.05) is 24.5 Å². The molecular weight excluding hydrogens is 186 g/mol. The SMILES string of the molecule is CCC(=O)NCc1cnc(NC)s1. The molecule has 1 heterocycles. The number of rotatable bonds is 4. The van der Waals surface area contributed by atoms with E-state index in [4.69, 9.17) is 0 Å². The molecule has 0 atom stereocenters. The van der Waals surface area contributed by atoms with Crippen LogP contribution < -0.4 is 10.6 Å². The monoisotopic (exact) mass is 199 g/mol. The van der Waals surface area contributed by atoms with E-state index in [0.29, 0.717) is 13.0 Å². The van der Waals surface area contributed by atoms with Crippen molar-refractivity contribution in [3.8, 4) is 0 Å². The first-order valence-corrected chi connectivity index (χ1v) is 4.97. The summed E-state index contributed by atoms with van der Waals surface area (Å²) in [6.07, 6.45) is 2.30. The average Bonchev–Trinajstić information content (AvgIpc) is 2.61. The average molecular weight is 199 g/mol. The fourth-order valence-corrected chi connectivity index (χ4v) is 1.52. The van der Waals surface area contributed by atoms with Crippen LogP contribution in [0.25, 0.3) is 0 Å². The minimum absolute atomic E-state index is 0.0689. The number of nitrogens with zero attached hydrogens (tertiary/aromatic N) is 1. The predicted molar refractivity (Wildman–Crippen MR) is 53.8 cm³/mol. The van der Waals surface area contributed by atoms with Crippen molar-refractivity contribution in [1.29, 1.82) is 0 Å². The number of anilines is 1. The first-order valence-electron chi connectivity index (χ1n) is 4.15. The van der Waals surface area contributed by atoms with E-state index in [2.05, 4.69) is 15.6 Å². The lowest BCUT2D eigenvalue weighted by atomic mass is 10.4. The number of carbonyl (C=O) groups excluding carboxylic acids is 1. The lowest BCUT2D eigenvalue weighted by molar-refractivity contribution is -0.120. The van der Waals surface area contributed by atoms with Crippen molar-refractivity contribution in [3.05, 3.63) is 11.1 Å². The molecule has 1 rings (SSSR count). The van der Waals surface area contributed by atoms with Gasteiger partial charge in [-0.3, -0.25) is 4.79 Å². The second-order valence-corrected chi connectivity index (χ2v) is 3.63. The van der Waals surface area contributed by atoms with Crippen LogP contribution in [0.3, 0.4) is 0 Å². The molecular formula is C8H13N3OS. The van der Waals surface area contributed by atoms with Crippen LogP contribution in [0.15, 0.2) is 6.20 Å². The lowest BCUT2D eigenvalue weighted by Gasteiger charge is -1.98. The Morgan fingerprint density at radius 2 is 2.46 bits per heavy atom. The number of aromatic nitrogens is 1. The third kappa shape index (κ3) is 3.02. The maximum atomic E-state index is 10.9. The van der Waals surface area contributed by atoms with Gasteiger partial charge in [-0.05, 0) is 0 Å². The van der Waals surface area contributed by atoms with Gasteiger partial charge < -0.3 is 10.6 Å². The van der Waals surface area contributed by atoms with E-state index in [1.807, 2.05) is 14.0 Å². The predicted octanol–water partition coefficient (Wildman–Crippen LogP) is 1.21. The van der Waals surface area contributed by atoms with Gasteiger partial charge in [0.1, 0.15) is 0 Å². The minimum Gasteiger partial charge on any atom is -0.365 e. The summed E-state index contributed by atoms with van der Waals surface area (Å²) in [5.41, 5.74) is 0. The number of thiazole rings is 1. The van der Waals surface area contributed by atoms with E-state index in [1.54, 1.807) is 17.5 Å². The largest absolute Gasteiger partial charge is 0.365 e. The number of carbonyl (C=O) groups is 1. The number of hydrogen-bond donors (Lipinski definition) is 2. The summed E-state index contributed by atoms with van der Waals surface area (Å²) in [6.45, 7) is 2.41. The molecule has 0 aliphatic rings. The highest BCUT2D eigenvalue weighted by molar-refractivity contribution is 7.15. The summed E-state index contributed by atoms with van der Waals surface area (Å²) < 4.78 is 0. The Bertz CT molecular complexity index is 285. The van der Waals surface area contributed by atoms with Crippen molar-refractivity contribution < 1.29 is 4.79 Å². The van der Waals surface area contributed by atoms with Crippen molar-refractivity contribution in [1.82, 2.24) is 10.3 Å². The maximum Gasteiger partial charge on any atom is 0.220 e. The van der Waals surface area contributed by atoms with Crippen molar-refractivity contribution in [3.63, 3.8) is 0 Å². The molecule has 0 aromatic carbocycles. The summed E-state index contributed by atoms with van der Waals surface area (Å²) in [7, 11) is 1.83. The minimum atomic E-state index is 0.0689. The second-order valence-electron chi connectivity index (χ2n) is 2.51. The third-order valence-electron chi connectivity index (χ3n) is 1.55. The summed E-state index contributed by atoms with van der Waals surface area (Å²) >= 11 is 1.55. The molecule has 0 aliphatic heterocycles. The highest BCUT2D eigenvalue weighted by Gasteiger charge is 2.01. The van der Waals surface area contributed by atoms with Crippen molar-refractivity contribution in [2.75, 3.05) is 12.4 Å². The third-order valence-corrected chi connectivity index (χ3v) is 2.56. The molecule has 1 aromatic heterocycles. The van der Waals surface area contributed by atoms with Gasteiger partial charge >= 0.3 is 0 Å². The van der Waals surface area contributed by atoms with E-state index < -0.39 is 0 Å². The van der Waals surface area contributed by atoms with Crippen molar-refractivity contribution >= 4 is 22.4 Å². The van der Waals surface area contributed by atoms with Crippen LogP contribution in [0.4, 0.5) is 5.13 Å². The molecule has 0 bridgehead atoms. The van der Waals surface area contributed by atoms with Gasteiger partial charge in [0.05, 0.1) is 6.54 Å². The molecule has 0 saturated carbocycles. The molecule has 1 aromatic rings. The summed E-state index contributed by atoms with van der Waals surface area (Å²) in [5, 5.41) is 6.61. The molecule has 0 aliphatic carbocycles.